The quantitative estimate of drug-likeness (QED) is 0.755. The van der Waals surface area contributed by atoms with Crippen LogP contribution in [0.2, 0.25) is 5.02 Å². The number of carbonyl (C=O) groups excluding carboxylic acids is 1. The number of ether oxygens (including phenoxy) is 1. The summed E-state index contributed by atoms with van der Waals surface area (Å²) in [6.45, 7) is 1.73. The van der Waals surface area contributed by atoms with Crippen molar-refractivity contribution in [1.82, 2.24) is 4.98 Å². The summed E-state index contributed by atoms with van der Waals surface area (Å²) in [5.41, 5.74) is 1.68. The molecule has 0 unspecified atom stereocenters. The standard InChI is InChI=1S/C18H14ClFN2O2/c1-10-13(9-11-8-12(24-2)6-7-15(11)21-10)18(23)22-16-5-3-4-14(19)17(16)20/h3-9H,1-2H3,(H,22,23). The zero-order valence-electron chi connectivity index (χ0n) is 13.1. The van der Waals surface area contributed by atoms with Crippen LogP contribution in [0.1, 0.15) is 16.1 Å². The average Bonchev–Trinajstić information content (AvgIpc) is 2.58. The molecule has 122 valence electrons. The molecule has 0 radical (unpaired) electrons. The monoisotopic (exact) mass is 344 g/mol. The predicted molar refractivity (Wildman–Crippen MR) is 92.4 cm³/mol. The molecule has 1 N–H and O–H groups in total. The maximum atomic E-state index is 14.0. The zero-order valence-corrected chi connectivity index (χ0v) is 13.8. The molecule has 0 bridgehead atoms. The lowest BCUT2D eigenvalue weighted by Crippen LogP contribution is -2.15. The Kier molecular flexibility index (Phi) is 4.36. The molecular formula is C18H14ClFN2O2. The number of pyridine rings is 1. The first-order valence-electron chi connectivity index (χ1n) is 7.20. The van der Waals surface area contributed by atoms with E-state index in [1.165, 1.54) is 12.1 Å². The number of halogens is 2. The van der Waals surface area contributed by atoms with Gasteiger partial charge in [-0.2, -0.15) is 0 Å². The molecule has 24 heavy (non-hydrogen) atoms. The van der Waals surface area contributed by atoms with Crippen LogP contribution in [0, 0.1) is 12.7 Å². The molecule has 3 aromatic rings. The number of carbonyl (C=O) groups is 1. The molecule has 0 fully saturated rings. The Labute approximate surface area is 143 Å². The van der Waals surface area contributed by atoms with Gasteiger partial charge in [-0.05, 0) is 43.3 Å². The summed E-state index contributed by atoms with van der Waals surface area (Å²) in [4.78, 5) is 16.9. The van der Waals surface area contributed by atoms with Crippen LogP contribution < -0.4 is 10.1 Å². The molecule has 1 aromatic heterocycles. The Balaban J connectivity index is 1.99. The summed E-state index contributed by atoms with van der Waals surface area (Å²) < 4.78 is 19.1. The van der Waals surface area contributed by atoms with E-state index in [0.29, 0.717) is 17.0 Å². The van der Waals surface area contributed by atoms with Gasteiger partial charge in [0, 0.05) is 5.39 Å². The largest absolute Gasteiger partial charge is 0.497 e. The van der Waals surface area contributed by atoms with Crippen LogP contribution in [-0.2, 0) is 0 Å². The van der Waals surface area contributed by atoms with Gasteiger partial charge in [-0.15, -0.1) is 0 Å². The summed E-state index contributed by atoms with van der Waals surface area (Å²) in [7, 11) is 1.57. The summed E-state index contributed by atoms with van der Waals surface area (Å²) in [5, 5.41) is 3.24. The highest BCUT2D eigenvalue weighted by molar-refractivity contribution is 6.31. The third-order valence-electron chi connectivity index (χ3n) is 3.66. The SMILES string of the molecule is COc1ccc2nc(C)c(C(=O)Nc3cccc(Cl)c3F)cc2c1. The highest BCUT2D eigenvalue weighted by Gasteiger charge is 2.15. The van der Waals surface area contributed by atoms with Crippen LogP contribution in [0.3, 0.4) is 0 Å². The number of aryl methyl sites for hydroxylation is 1. The lowest BCUT2D eigenvalue weighted by Gasteiger charge is -2.10. The fourth-order valence-electron chi connectivity index (χ4n) is 2.40. The van der Waals surface area contributed by atoms with Gasteiger partial charge in [-0.3, -0.25) is 9.78 Å². The first-order valence-corrected chi connectivity index (χ1v) is 7.58. The molecule has 1 heterocycles. The molecule has 1 amide bonds. The van der Waals surface area contributed by atoms with Crippen molar-refractivity contribution in [1.29, 1.82) is 0 Å². The molecule has 0 atom stereocenters. The molecule has 2 aromatic carbocycles. The lowest BCUT2D eigenvalue weighted by atomic mass is 10.1. The van der Waals surface area contributed by atoms with Crippen LogP contribution in [-0.4, -0.2) is 18.0 Å². The molecule has 0 aliphatic heterocycles. The number of fused-ring (bicyclic) bond motifs is 1. The third kappa shape index (κ3) is 3.03. The number of benzene rings is 2. The molecule has 3 rings (SSSR count). The molecule has 4 nitrogen and oxygen atoms in total. The Morgan fingerprint density at radius 3 is 2.79 bits per heavy atom. The topological polar surface area (TPSA) is 51.2 Å². The van der Waals surface area contributed by atoms with Crippen LogP contribution in [0.25, 0.3) is 10.9 Å². The van der Waals surface area contributed by atoms with Crippen molar-refractivity contribution in [2.45, 2.75) is 6.92 Å². The maximum Gasteiger partial charge on any atom is 0.257 e. The van der Waals surface area contributed by atoms with E-state index in [-0.39, 0.29) is 10.7 Å². The number of hydrogen-bond acceptors (Lipinski definition) is 3. The van der Waals surface area contributed by atoms with Gasteiger partial charge in [-0.1, -0.05) is 17.7 Å². The average molecular weight is 345 g/mol. The number of aromatic nitrogens is 1. The second kappa shape index (κ2) is 6.45. The van der Waals surface area contributed by atoms with E-state index in [2.05, 4.69) is 10.3 Å². The van der Waals surface area contributed by atoms with Crippen LogP contribution in [0.5, 0.6) is 5.75 Å². The molecule has 0 aliphatic rings. The van der Waals surface area contributed by atoms with E-state index in [4.69, 9.17) is 16.3 Å². The fraction of sp³-hybridized carbons (Fsp3) is 0.111. The molecule has 0 saturated heterocycles. The minimum atomic E-state index is -0.666. The number of amides is 1. The Bertz CT molecular complexity index is 944. The number of rotatable bonds is 3. The van der Waals surface area contributed by atoms with Crippen molar-refractivity contribution in [3.63, 3.8) is 0 Å². The first kappa shape index (κ1) is 16.2. The van der Waals surface area contributed by atoms with E-state index in [0.717, 1.165) is 10.9 Å². The highest BCUT2D eigenvalue weighted by atomic mass is 35.5. The summed E-state index contributed by atoms with van der Waals surface area (Å²) in [6.07, 6.45) is 0. The van der Waals surface area contributed by atoms with Gasteiger partial charge >= 0.3 is 0 Å². The Morgan fingerprint density at radius 2 is 2.04 bits per heavy atom. The van der Waals surface area contributed by atoms with Gasteiger partial charge in [0.15, 0.2) is 5.82 Å². The molecule has 0 aliphatic carbocycles. The van der Waals surface area contributed by atoms with Gasteiger partial charge in [0.1, 0.15) is 5.75 Å². The van der Waals surface area contributed by atoms with Crippen molar-refractivity contribution in [3.05, 3.63) is 64.6 Å². The van der Waals surface area contributed by atoms with E-state index in [1.807, 2.05) is 6.07 Å². The predicted octanol–water partition coefficient (Wildman–Crippen LogP) is 4.60. The molecule has 6 heteroatoms. The summed E-state index contributed by atoms with van der Waals surface area (Å²) >= 11 is 5.73. The van der Waals surface area contributed by atoms with Crippen LogP contribution in [0.15, 0.2) is 42.5 Å². The maximum absolute atomic E-state index is 14.0. The van der Waals surface area contributed by atoms with Gasteiger partial charge < -0.3 is 10.1 Å². The number of anilines is 1. The van der Waals surface area contributed by atoms with Crippen molar-refractivity contribution in [2.24, 2.45) is 0 Å². The third-order valence-corrected chi connectivity index (χ3v) is 3.95. The van der Waals surface area contributed by atoms with Crippen molar-refractivity contribution in [2.75, 3.05) is 12.4 Å². The second-order valence-corrected chi connectivity index (χ2v) is 5.64. The Morgan fingerprint density at radius 1 is 1.25 bits per heavy atom. The van der Waals surface area contributed by atoms with Gasteiger partial charge in [0.2, 0.25) is 0 Å². The number of hydrogen-bond donors (Lipinski definition) is 1. The van der Waals surface area contributed by atoms with Gasteiger partial charge in [0.25, 0.3) is 5.91 Å². The van der Waals surface area contributed by atoms with Crippen molar-refractivity contribution in [3.8, 4) is 5.75 Å². The van der Waals surface area contributed by atoms with E-state index in [9.17, 15) is 9.18 Å². The van der Waals surface area contributed by atoms with E-state index >= 15 is 0 Å². The minimum Gasteiger partial charge on any atom is -0.497 e. The van der Waals surface area contributed by atoms with Gasteiger partial charge in [-0.25, -0.2) is 4.39 Å². The number of nitrogens with zero attached hydrogens (tertiary/aromatic N) is 1. The summed E-state index contributed by atoms with van der Waals surface area (Å²) in [5.74, 6) is -0.452. The zero-order chi connectivity index (χ0) is 17.3. The molecular weight excluding hydrogens is 331 g/mol. The minimum absolute atomic E-state index is 0.0256. The first-order chi connectivity index (χ1) is 11.5. The van der Waals surface area contributed by atoms with Crippen LogP contribution in [0.4, 0.5) is 10.1 Å². The normalized spacial score (nSPS) is 10.7. The van der Waals surface area contributed by atoms with Crippen LogP contribution >= 0.6 is 11.6 Å². The molecule has 0 saturated carbocycles. The van der Waals surface area contributed by atoms with Crippen molar-refractivity contribution >= 4 is 34.1 Å². The van der Waals surface area contributed by atoms with Gasteiger partial charge in [0.05, 0.1) is 34.6 Å². The summed E-state index contributed by atoms with van der Waals surface area (Å²) in [6, 6.07) is 11.6. The lowest BCUT2D eigenvalue weighted by molar-refractivity contribution is 0.102. The van der Waals surface area contributed by atoms with E-state index < -0.39 is 11.7 Å². The number of nitrogens with one attached hydrogen (secondary N) is 1. The number of methoxy groups -OCH3 is 1. The second-order valence-electron chi connectivity index (χ2n) is 5.24. The molecule has 0 spiro atoms. The highest BCUT2D eigenvalue weighted by Crippen LogP contribution is 2.25. The van der Waals surface area contributed by atoms with E-state index in [1.54, 1.807) is 38.3 Å². The van der Waals surface area contributed by atoms with Crippen molar-refractivity contribution < 1.29 is 13.9 Å². The Hall–Kier alpha value is -2.66. The fourth-order valence-corrected chi connectivity index (χ4v) is 2.57. The smallest absolute Gasteiger partial charge is 0.257 e.